The maximum atomic E-state index is 13.6. The Kier molecular flexibility index (Phi) is 7.79. The molecule has 3 aromatic carbocycles. The van der Waals surface area contributed by atoms with Crippen molar-refractivity contribution in [1.82, 2.24) is 19.9 Å². The van der Waals surface area contributed by atoms with E-state index in [1.54, 1.807) is 30.3 Å². The molecule has 2 aromatic heterocycles. The molecule has 0 aliphatic carbocycles. The van der Waals surface area contributed by atoms with Crippen LogP contribution in [0, 0.1) is 5.82 Å². The molecule has 206 valence electrons. The lowest BCUT2D eigenvalue weighted by Gasteiger charge is -2.35. The molecular formula is C30H28ClFN4O4. The van der Waals surface area contributed by atoms with Crippen molar-refractivity contribution >= 4 is 22.7 Å². The van der Waals surface area contributed by atoms with Crippen LogP contribution in [0.15, 0.2) is 81.7 Å². The number of fused-ring (bicyclic) bond motifs is 1. The van der Waals surface area contributed by atoms with Crippen LogP contribution < -0.4 is 4.74 Å². The van der Waals surface area contributed by atoms with E-state index in [2.05, 4.69) is 19.9 Å². The summed E-state index contributed by atoms with van der Waals surface area (Å²) in [6.07, 6.45) is -0.644. The molecule has 0 unspecified atom stereocenters. The fraction of sp³-hybridized carbons (Fsp3) is 0.267. The number of benzene rings is 3. The first-order valence-electron chi connectivity index (χ1n) is 13.1. The van der Waals surface area contributed by atoms with Gasteiger partial charge in [-0.3, -0.25) is 9.80 Å². The number of ether oxygens (including phenoxy) is 1. The van der Waals surface area contributed by atoms with E-state index in [1.807, 2.05) is 30.3 Å². The van der Waals surface area contributed by atoms with Crippen molar-refractivity contribution in [2.24, 2.45) is 0 Å². The number of nitrogens with zero attached hydrogens (tertiary/aromatic N) is 4. The Morgan fingerprint density at radius 1 is 0.975 bits per heavy atom. The molecule has 40 heavy (non-hydrogen) atoms. The van der Waals surface area contributed by atoms with Crippen molar-refractivity contribution in [3.63, 3.8) is 0 Å². The molecule has 0 spiro atoms. The second-order valence-electron chi connectivity index (χ2n) is 9.86. The van der Waals surface area contributed by atoms with E-state index in [0.29, 0.717) is 46.4 Å². The van der Waals surface area contributed by atoms with Gasteiger partial charge in [0.25, 0.3) is 0 Å². The molecule has 0 bridgehead atoms. The van der Waals surface area contributed by atoms with Gasteiger partial charge in [-0.15, -0.1) is 0 Å². The van der Waals surface area contributed by atoms with Gasteiger partial charge >= 0.3 is 0 Å². The average molecular weight is 563 g/mol. The van der Waals surface area contributed by atoms with Crippen molar-refractivity contribution in [2.45, 2.75) is 12.6 Å². The molecule has 1 fully saturated rings. The van der Waals surface area contributed by atoms with Crippen LogP contribution in [0.25, 0.3) is 33.8 Å². The summed E-state index contributed by atoms with van der Waals surface area (Å²) in [4.78, 5) is 8.99. The lowest BCUT2D eigenvalue weighted by atomic mass is 10.1. The Bertz CT molecular complexity index is 1600. The Morgan fingerprint density at radius 2 is 1.80 bits per heavy atom. The summed E-state index contributed by atoms with van der Waals surface area (Å²) in [5, 5.41) is 15.4. The minimum Gasteiger partial charge on any atom is -0.491 e. The smallest absolute Gasteiger partial charge is 0.227 e. The summed E-state index contributed by atoms with van der Waals surface area (Å²) in [6, 6.07) is 20.9. The SMILES string of the molecule is O[C@@H](COc1ccc2oc(-c3cccc(F)c3)nc2c1)CN1CCN(Cc2cc(-c3ccccc3Cl)no2)CC1. The molecule has 0 radical (unpaired) electrons. The molecule has 1 aliphatic heterocycles. The van der Waals surface area contributed by atoms with Gasteiger partial charge in [-0.2, -0.15) is 0 Å². The number of hydrogen-bond donors (Lipinski definition) is 1. The van der Waals surface area contributed by atoms with Gasteiger partial charge in [-0.05, 0) is 36.4 Å². The number of piperazine rings is 1. The standard InChI is InChI=1S/C30H28ClFN4O4/c31-26-7-2-1-6-25(26)27-16-24(40-34-27)18-36-12-10-35(11-13-36)17-22(37)19-38-23-8-9-29-28(15-23)33-30(39-29)20-4-3-5-21(32)14-20/h1-9,14-16,22,37H,10-13,17-19H2/t22-/m1/s1. The molecule has 0 saturated carbocycles. The van der Waals surface area contributed by atoms with Crippen LogP contribution in [0.4, 0.5) is 4.39 Å². The second-order valence-corrected chi connectivity index (χ2v) is 10.3. The number of β-amino-alcohol motifs (C(OH)–C–C–N with tert-alkyl or cyclic N) is 1. The molecule has 6 rings (SSSR count). The van der Waals surface area contributed by atoms with Crippen molar-refractivity contribution in [3.8, 4) is 28.5 Å². The van der Waals surface area contributed by atoms with Crippen LogP contribution in [0.5, 0.6) is 5.75 Å². The van der Waals surface area contributed by atoms with Crippen LogP contribution in [-0.4, -0.2) is 70.5 Å². The first-order chi connectivity index (χ1) is 19.5. The van der Waals surface area contributed by atoms with E-state index in [1.165, 1.54) is 12.1 Å². The molecule has 0 amide bonds. The van der Waals surface area contributed by atoms with Crippen LogP contribution in [0.1, 0.15) is 5.76 Å². The Labute approximate surface area is 235 Å². The van der Waals surface area contributed by atoms with Crippen LogP contribution in [0.3, 0.4) is 0 Å². The zero-order chi connectivity index (χ0) is 27.5. The highest BCUT2D eigenvalue weighted by molar-refractivity contribution is 6.33. The number of rotatable bonds is 9. The molecular weight excluding hydrogens is 535 g/mol. The average Bonchev–Trinajstić information content (AvgIpc) is 3.60. The first-order valence-corrected chi connectivity index (χ1v) is 13.5. The zero-order valence-electron chi connectivity index (χ0n) is 21.7. The molecule has 1 aliphatic rings. The normalized spacial score (nSPS) is 15.5. The minimum atomic E-state index is -0.644. The van der Waals surface area contributed by atoms with Crippen molar-refractivity contribution in [1.29, 1.82) is 0 Å². The third-order valence-electron chi connectivity index (χ3n) is 6.90. The fourth-order valence-corrected chi connectivity index (χ4v) is 5.05. The third-order valence-corrected chi connectivity index (χ3v) is 7.22. The highest BCUT2D eigenvalue weighted by Gasteiger charge is 2.21. The van der Waals surface area contributed by atoms with Gasteiger partial charge in [-0.1, -0.05) is 41.0 Å². The van der Waals surface area contributed by atoms with Gasteiger partial charge in [0, 0.05) is 56.0 Å². The Hall–Kier alpha value is -3.76. The molecule has 1 N–H and O–H groups in total. The lowest BCUT2D eigenvalue weighted by molar-refractivity contribution is 0.0430. The van der Waals surface area contributed by atoms with E-state index in [0.717, 1.165) is 43.2 Å². The molecule has 8 nitrogen and oxygen atoms in total. The van der Waals surface area contributed by atoms with Gasteiger partial charge in [0.15, 0.2) is 11.3 Å². The van der Waals surface area contributed by atoms with Crippen LogP contribution in [-0.2, 0) is 6.54 Å². The van der Waals surface area contributed by atoms with Gasteiger partial charge < -0.3 is 18.8 Å². The first kappa shape index (κ1) is 26.5. The summed E-state index contributed by atoms with van der Waals surface area (Å²) in [6.45, 7) is 4.71. The molecule has 5 aromatic rings. The minimum absolute atomic E-state index is 0.156. The van der Waals surface area contributed by atoms with E-state index >= 15 is 0 Å². The van der Waals surface area contributed by atoms with Gasteiger partial charge in [-0.25, -0.2) is 9.37 Å². The lowest BCUT2D eigenvalue weighted by Crippen LogP contribution is -2.48. The number of aromatic nitrogens is 2. The topological polar surface area (TPSA) is 88.0 Å². The number of aliphatic hydroxyl groups excluding tert-OH is 1. The number of oxazole rings is 1. The summed E-state index contributed by atoms with van der Waals surface area (Å²) in [5.74, 6) is 1.37. The largest absolute Gasteiger partial charge is 0.491 e. The maximum Gasteiger partial charge on any atom is 0.227 e. The number of aliphatic hydroxyl groups is 1. The highest BCUT2D eigenvalue weighted by atomic mass is 35.5. The van der Waals surface area contributed by atoms with E-state index in [-0.39, 0.29) is 12.4 Å². The van der Waals surface area contributed by atoms with E-state index < -0.39 is 6.10 Å². The van der Waals surface area contributed by atoms with Crippen molar-refractivity contribution in [3.05, 3.63) is 89.4 Å². The molecule has 1 atom stereocenters. The molecule has 1 saturated heterocycles. The Morgan fingerprint density at radius 3 is 2.62 bits per heavy atom. The molecule has 10 heteroatoms. The monoisotopic (exact) mass is 562 g/mol. The second kappa shape index (κ2) is 11.8. The van der Waals surface area contributed by atoms with Gasteiger partial charge in [0.05, 0.1) is 11.6 Å². The van der Waals surface area contributed by atoms with E-state index in [9.17, 15) is 9.50 Å². The fourth-order valence-electron chi connectivity index (χ4n) is 4.82. The predicted octanol–water partition coefficient (Wildman–Crippen LogP) is 5.50. The zero-order valence-corrected chi connectivity index (χ0v) is 22.4. The van der Waals surface area contributed by atoms with Crippen LogP contribution >= 0.6 is 11.6 Å². The van der Waals surface area contributed by atoms with Crippen molar-refractivity contribution < 1.29 is 23.2 Å². The number of halogens is 2. The van der Waals surface area contributed by atoms with E-state index in [4.69, 9.17) is 25.3 Å². The summed E-state index contributed by atoms with van der Waals surface area (Å²) >= 11 is 6.28. The van der Waals surface area contributed by atoms with Gasteiger partial charge in [0.1, 0.15) is 35.5 Å². The summed E-state index contributed by atoms with van der Waals surface area (Å²) < 4.78 is 30.7. The third kappa shape index (κ3) is 6.18. The predicted molar refractivity (Wildman–Crippen MR) is 150 cm³/mol. The van der Waals surface area contributed by atoms with Crippen LogP contribution in [0.2, 0.25) is 5.02 Å². The van der Waals surface area contributed by atoms with Crippen molar-refractivity contribution in [2.75, 3.05) is 39.3 Å². The molecule has 3 heterocycles. The highest BCUT2D eigenvalue weighted by Crippen LogP contribution is 2.28. The quantitative estimate of drug-likeness (QED) is 0.252. The maximum absolute atomic E-state index is 13.6. The summed E-state index contributed by atoms with van der Waals surface area (Å²) in [7, 11) is 0. The number of hydrogen-bond acceptors (Lipinski definition) is 8. The van der Waals surface area contributed by atoms with Gasteiger partial charge in [0.2, 0.25) is 5.89 Å². The Balaban J connectivity index is 0.966. The summed E-state index contributed by atoms with van der Waals surface area (Å²) in [5.41, 5.74) is 3.34.